The first kappa shape index (κ1) is 25.7. The maximum absolute atomic E-state index is 13.0. The number of aliphatic hydroxyl groups is 1. The zero-order chi connectivity index (χ0) is 25.6. The van der Waals surface area contributed by atoms with Crippen LogP contribution in [0.4, 0.5) is 13.6 Å². The molecular weight excluding hydrogens is 494 g/mol. The van der Waals surface area contributed by atoms with E-state index in [0.29, 0.717) is 48.7 Å². The Bertz CT molecular complexity index is 991. The predicted molar refractivity (Wildman–Crippen MR) is 128 cm³/mol. The molecule has 10 heteroatoms. The summed E-state index contributed by atoms with van der Waals surface area (Å²) in [6, 6.07) is 5.15. The van der Waals surface area contributed by atoms with Crippen molar-refractivity contribution in [1.29, 1.82) is 0 Å². The number of alkyl halides is 2. The summed E-state index contributed by atoms with van der Waals surface area (Å²) < 4.78 is 36.7. The Balaban J connectivity index is 1.07. The van der Waals surface area contributed by atoms with Gasteiger partial charge in [0.2, 0.25) is 0 Å². The highest BCUT2D eigenvalue weighted by Crippen LogP contribution is 2.39. The lowest BCUT2D eigenvalue weighted by atomic mass is 9.81. The van der Waals surface area contributed by atoms with Crippen LogP contribution in [-0.2, 0) is 9.53 Å². The van der Waals surface area contributed by atoms with Crippen molar-refractivity contribution in [1.82, 2.24) is 9.80 Å². The van der Waals surface area contributed by atoms with E-state index in [4.69, 9.17) is 21.1 Å². The van der Waals surface area contributed by atoms with Crippen LogP contribution < -0.4 is 4.74 Å². The van der Waals surface area contributed by atoms with Crippen molar-refractivity contribution in [3.63, 3.8) is 0 Å². The molecule has 4 aliphatic rings. The lowest BCUT2D eigenvalue weighted by Gasteiger charge is -2.42. The van der Waals surface area contributed by atoms with Crippen LogP contribution in [0.5, 0.6) is 5.75 Å². The van der Waals surface area contributed by atoms with Gasteiger partial charge in [-0.25, -0.2) is 4.79 Å². The number of hydrogen-bond acceptors (Lipinski definition) is 5. The van der Waals surface area contributed by atoms with Gasteiger partial charge in [0, 0.05) is 55.5 Å². The standard InChI is InChI=1S/C26H33ClF2N2O5/c1-26(28,29)36-19-12-18(13-19)31-9-8-30(25(31)34)17-5-2-15(3-6-17)10-22(33)24-14-21(32)20-11-16(27)4-7-23(20)35-24/h4,7,11,15,17-19,21,24,32H,2-3,5-6,8-10,12-14H2,1H3/t15?,17?,18?,19?,21-,24-/m1/s1. The number of urea groups is 1. The summed E-state index contributed by atoms with van der Waals surface area (Å²) >= 11 is 6.01. The minimum Gasteiger partial charge on any atom is -0.482 e. The number of benzene rings is 1. The van der Waals surface area contributed by atoms with E-state index in [1.165, 1.54) is 0 Å². The van der Waals surface area contributed by atoms with Gasteiger partial charge in [0.05, 0.1) is 12.2 Å². The van der Waals surface area contributed by atoms with Crippen molar-refractivity contribution < 1.29 is 33.0 Å². The molecule has 0 unspecified atom stereocenters. The summed E-state index contributed by atoms with van der Waals surface area (Å²) in [5, 5.41) is 11.0. The second-order valence-corrected chi connectivity index (χ2v) is 11.2. The fourth-order valence-corrected chi connectivity index (χ4v) is 6.30. The van der Waals surface area contributed by atoms with Gasteiger partial charge in [0.1, 0.15) is 5.75 Å². The fraction of sp³-hybridized carbons (Fsp3) is 0.692. The van der Waals surface area contributed by atoms with E-state index >= 15 is 0 Å². The monoisotopic (exact) mass is 526 g/mol. The number of nitrogens with zero attached hydrogens (tertiary/aromatic N) is 2. The second-order valence-electron chi connectivity index (χ2n) is 10.7. The normalized spacial score (nSPS) is 32.6. The SMILES string of the molecule is CC(F)(F)OC1CC(N2CCN(C3CCC(CC(=O)[C@H]4C[C@@H](O)c5cc(Cl)ccc5O4)CC3)C2=O)C1. The van der Waals surface area contributed by atoms with Crippen molar-refractivity contribution >= 4 is 23.4 Å². The Morgan fingerprint density at radius 1 is 1.14 bits per heavy atom. The van der Waals surface area contributed by atoms with Crippen LogP contribution in [0.3, 0.4) is 0 Å². The number of ketones is 1. The topological polar surface area (TPSA) is 79.3 Å². The summed E-state index contributed by atoms with van der Waals surface area (Å²) in [5.74, 6) is 0.737. The Morgan fingerprint density at radius 2 is 1.81 bits per heavy atom. The number of fused-ring (bicyclic) bond motifs is 1. The first-order chi connectivity index (χ1) is 17.1. The molecule has 0 radical (unpaired) electrons. The zero-order valence-electron chi connectivity index (χ0n) is 20.4. The van der Waals surface area contributed by atoms with E-state index in [-0.39, 0.29) is 36.2 Å². The summed E-state index contributed by atoms with van der Waals surface area (Å²) in [6.45, 7) is 2.01. The molecule has 198 valence electrons. The van der Waals surface area contributed by atoms with E-state index in [1.54, 1.807) is 23.1 Å². The number of aliphatic hydroxyl groups excluding tert-OH is 1. The fourth-order valence-electron chi connectivity index (χ4n) is 6.12. The molecule has 2 aliphatic heterocycles. The van der Waals surface area contributed by atoms with Crippen LogP contribution in [0.15, 0.2) is 18.2 Å². The molecular formula is C26H33ClF2N2O5. The van der Waals surface area contributed by atoms with E-state index in [1.807, 2.05) is 4.90 Å². The van der Waals surface area contributed by atoms with Gasteiger partial charge in [-0.15, -0.1) is 0 Å². The molecule has 5 rings (SSSR count). The number of Topliss-reactive ketones (excluding diaryl/α,β-unsaturated/α-hetero) is 1. The first-order valence-corrected chi connectivity index (χ1v) is 13.2. The van der Waals surface area contributed by atoms with Gasteiger partial charge in [-0.1, -0.05) is 11.6 Å². The Hall–Kier alpha value is -1.97. The molecule has 0 aromatic heterocycles. The number of hydrogen-bond donors (Lipinski definition) is 1. The van der Waals surface area contributed by atoms with Crippen molar-refractivity contribution in [2.75, 3.05) is 13.1 Å². The van der Waals surface area contributed by atoms with Crippen LogP contribution in [0.2, 0.25) is 5.02 Å². The number of amides is 2. The molecule has 2 saturated carbocycles. The van der Waals surface area contributed by atoms with Gasteiger partial charge in [-0.3, -0.25) is 4.79 Å². The third-order valence-electron chi connectivity index (χ3n) is 8.10. The van der Waals surface area contributed by atoms with Crippen molar-refractivity contribution in [3.05, 3.63) is 28.8 Å². The molecule has 1 aromatic carbocycles. The van der Waals surface area contributed by atoms with Crippen LogP contribution in [0.1, 0.15) is 70.0 Å². The van der Waals surface area contributed by atoms with Gasteiger partial charge in [-0.05, 0) is 62.6 Å². The van der Waals surface area contributed by atoms with E-state index in [0.717, 1.165) is 32.6 Å². The maximum atomic E-state index is 13.0. The number of ether oxygens (including phenoxy) is 2. The van der Waals surface area contributed by atoms with Crippen molar-refractivity contribution in [2.45, 2.75) is 94.8 Å². The first-order valence-electron chi connectivity index (χ1n) is 12.9. The van der Waals surface area contributed by atoms with Crippen molar-refractivity contribution in [2.24, 2.45) is 5.92 Å². The highest BCUT2D eigenvalue weighted by Gasteiger charge is 2.45. The van der Waals surface area contributed by atoms with Crippen LogP contribution >= 0.6 is 11.6 Å². The molecule has 7 nitrogen and oxygen atoms in total. The zero-order valence-corrected chi connectivity index (χ0v) is 21.1. The number of halogens is 3. The largest absolute Gasteiger partial charge is 0.482 e. The van der Waals surface area contributed by atoms with Gasteiger partial charge in [-0.2, -0.15) is 8.78 Å². The third-order valence-corrected chi connectivity index (χ3v) is 8.34. The van der Waals surface area contributed by atoms with Gasteiger partial charge in [0.15, 0.2) is 11.9 Å². The van der Waals surface area contributed by atoms with Gasteiger partial charge >= 0.3 is 12.1 Å². The van der Waals surface area contributed by atoms with Gasteiger partial charge < -0.3 is 24.4 Å². The lowest BCUT2D eigenvalue weighted by Crippen LogP contribution is -2.51. The lowest BCUT2D eigenvalue weighted by molar-refractivity contribution is -0.267. The van der Waals surface area contributed by atoms with Crippen LogP contribution in [0.25, 0.3) is 0 Å². The number of rotatable bonds is 7. The van der Waals surface area contributed by atoms with E-state index < -0.39 is 24.4 Å². The molecule has 0 bridgehead atoms. The molecule has 1 aromatic rings. The molecule has 1 N–H and O–H groups in total. The van der Waals surface area contributed by atoms with E-state index in [9.17, 15) is 23.5 Å². The minimum absolute atomic E-state index is 0.000868. The summed E-state index contributed by atoms with van der Waals surface area (Å²) in [4.78, 5) is 29.7. The third kappa shape index (κ3) is 5.48. The Morgan fingerprint density at radius 3 is 2.47 bits per heavy atom. The number of carbonyl (C=O) groups excluding carboxylic acids is 2. The predicted octanol–water partition coefficient (Wildman–Crippen LogP) is 4.94. The maximum Gasteiger partial charge on any atom is 0.353 e. The molecule has 2 atom stereocenters. The van der Waals surface area contributed by atoms with Crippen molar-refractivity contribution in [3.8, 4) is 5.75 Å². The summed E-state index contributed by atoms with van der Waals surface area (Å²) in [6.07, 6.45) is -0.165. The molecule has 3 fully saturated rings. The minimum atomic E-state index is -3.14. The molecule has 0 spiro atoms. The second kappa shape index (κ2) is 10.1. The quantitative estimate of drug-likeness (QED) is 0.544. The van der Waals surface area contributed by atoms with E-state index in [2.05, 4.69) is 0 Å². The average molecular weight is 527 g/mol. The molecule has 2 heterocycles. The van der Waals surface area contributed by atoms with Gasteiger partial charge in [0.25, 0.3) is 0 Å². The van der Waals surface area contributed by atoms with Crippen LogP contribution in [-0.4, -0.2) is 70.2 Å². The van der Waals surface area contributed by atoms with Crippen LogP contribution in [0, 0.1) is 5.92 Å². The Labute approximate surface area is 214 Å². The average Bonchev–Trinajstić information content (AvgIpc) is 3.17. The highest BCUT2D eigenvalue weighted by atomic mass is 35.5. The molecule has 2 amide bonds. The summed E-state index contributed by atoms with van der Waals surface area (Å²) in [7, 11) is 0. The number of carbonyl (C=O) groups is 2. The summed E-state index contributed by atoms with van der Waals surface area (Å²) in [5.41, 5.74) is 0.615. The Kier molecular flexibility index (Phi) is 7.18. The molecule has 2 aliphatic carbocycles. The smallest absolute Gasteiger partial charge is 0.353 e. The molecule has 36 heavy (non-hydrogen) atoms. The highest BCUT2D eigenvalue weighted by molar-refractivity contribution is 6.30. The molecule has 1 saturated heterocycles.